The Morgan fingerprint density at radius 1 is 1.13 bits per heavy atom. The Bertz CT molecular complexity index is 965. The van der Waals surface area contributed by atoms with Crippen molar-refractivity contribution in [3.05, 3.63) is 59.7 Å². The van der Waals surface area contributed by atoms with Gasteiger partial charge in [0.25, 0.3) is 0 Å². The number of nitrogens with zero attached hydrogens (tertiary/aromatic N) is 1. The highest BCUT2D eigenvalue weighted by Crippen LogP contribution is 2.44. The number of hydrogen-bond acceptors (Lipinski definition) is 5. The van der Waals surface area contributed by atoms with Gasteiger partial charge in [-0.2, -0.15) is 0 Å². The number of ether oxygens (including phenoxy) is 1. The largest absolute Gasteiger partial charge is 0.480 e. The summed E-state index contributed by atoms with van der Waals surface area (Å²) in [6.07, 6.45) is -0.336. The van der Waals surface area contributed by atoms with E-state index >= 15 is 0 Å². The van der Waals surface area contributed by atoms with E-state index in [1.807, 2.05) is 36.4 Å². The standard InChI is InChI=1S/C23H24N2O5S/c1-2-19(21(26)25-13-31-12-20(25)22(27)28)24-23(29)30-11-18-16-9-5-3-7-14(16)15-8-4-6-10-17(15)18/h3-10,18-20H,2,11-13H2,1H3,(H,24,29)(H,27,28)/t19-,20?/m1/s1. The minimum Gasteiger partial charge on any atom is -0.480 e. The van der Waals surface area contributed by atoms with Gasteiger partial charge in [-0.05, 0) is 28.7 Å². The summed E-state index contributed by atoms with van der Waals surface area (Å²) in [5.41, 5.74) is 4.50. The van der Waals surface area contributed by atoms with E-state index in [0.29, 0.717) is 18.1 Å². The molecule has 2 aromatic carbocycles. The molecule has 1 saturated heterocycles. The first kappa shape index (κ1) is 21.2. The summed E-state index contributed by atoms with van der Waals surface area (Å²) < 4.78 is 5.52. The Hall–Kier alpha value is -3.00. The molecule has 31 heavy (non-hydrogen) atoms. The summed E-state index contributed by atoms with van der Waals surface area (Å²) in [5.74, 6) is -0.843. The van der Waals surface area contributed by atoms with Gasteiger partial charge in [-0.15, -0.1) is 11.8 Å². The fourth-order valence-electron chi connectivity index (χ4n) is 4.19. The van der Waals surface area contributed by atoms with Crippen LogP contribution in [0.1, 0.15) is 30.4 Å². The van der Waals surface area contributed by atoms with Crippen LogP contribution in [-0.2, 0) is 14.3 Å². The highest BCUT2D eigenvalue weighted by molar-refractivity contribution is 7.99. The molecule has 162 valence electrons. The Morgan fingerprint density at radius 3 is 2.32 bits per heavy atom. The van der Waals surface area contributed by atoms with E-state index in [1.54, 1.807) is 6.92 Å². The lowest BCUT2D eigenvalue weighted by molar-refractivity contribution is -0.148. The lowest BCUT2D eigenvalue weighted by Gasteiger charge is -2.26. The van der Waals surface area contributed by atoms with E-state index < -0.39 is 30.1 Å². The average molecular weight is 441 g/mol. The number of aliphatic carboxylic acids is 1. The van der Waals surface area contributed by atoms with Crippen LogP contribution in [0, 0.1) is 0 Å². The Labute approximate surface area is 184 Å². The monoisotopic (exact) mass is 440 g/mol. The zero-order chi connectivity index (χ0) is 22.0. The van der Waals surface area contributed by atoms with Gasteiger partial charge in [0.1, 0.15) is 18.7 Å². The summed E-state index contributed by atoms with van der Waals surface area (Å²) in [6.45, 7) is 1.92. The van der Waals surface area contributed by atoms with Crippen LogP contribution in [0.25, 0.3) is 11.1 Å². The molecule has 0 bridgehead atoms. The SMILES string of the molecule is CC[C@@H](NC(=O)OCC1c2ccccc2-c2ccccc21)C(=O)N1CSCC1C(=O)O. The van der Waals surface area contributed by atoms with Crippen molar-refractivity contribution in [2.75, 3.05) is 18.2 Å². The molecule has 1 fully saturated rings. The molecule has 7 nitrogen and oxygen atoms in total. The molecule has 2 atom stereocenters. The van der Waals surface area contributed by atoms with Crippen molar-refractivity contribution in [2.24, 2.45) is 0 Å². The lowest BCUT2D eigenvalue weighted by Crippen LogP contribution is -2.52. The zero-order valence-electron chi connectivity index (χ0n) is 17.1. The third-order valence-electron chi connectivity index (χ3n) is 5.79. The van der Waals surface area contributed by atoms with Crippen LogP contribution < -0.4 is 5.32 Å². The second-order valence-electron chi connectivity index (χ2n) is 7.59. The highest BCUT2D eigenvalue weighted by Gasteiger charge is 2.38. The van der Waals surface area contributed by atoms with Gasteiger partial charge in [0.15, 0.2) is 0 Å². The number of thioether (sulfide) groups is 1. The van der Waals surface area contributed by atoms with Gasteiger partial charge in [-0.1, -0.05) is 55.5 Å². The molecule has 4 rings (SSSR count). The molecule has 0 radical (unpaired) electrons. The van der Waals surface area contributed by atoms with E-state index in [9.17, 15) is 19.5 Å². The summed E-state index contributed by atoms with van der Waals surface area (Å²) in [4.78, 5) is 38.0. The number of benzene rings is 2. The first-order valence-corrected chi connectivity index (χ1v) is 11.4. The number of rotatable bonds is 6. The Kier molecular flexibility index (Phi) is 6.18. The van der Waals surface area contributed by atoms with Crippen molar-refractivity contribution in [2.45, 2.75) is 31.3 Å². The molecule has 8 heteroatoms. The molecule has 2 N–H and O–H groups in total. The summed E-state index contributed by atoms with van der Waals surface area (Å²) >= 11 is 1.39. The maximum atomic E-state index is 12.8. The number of carbonyl (C=O) groups is 3. The number of fused-ring (bicyclic) bond motifs is 3. The molecule has 1 heterocycles. The van der Waals surface area contributed by atoms with Crippen LogP contribution in [0.5, 0.6) is 0 Å². The second kappa shape index (κ2) is 9.01. The Balaban J connectivity index is 1.41. The van der Waals surface area contributed by atoms with Gasteiger partial charge in [0.05, 0.1) is 5.88 Å². The summed E-state index contributed by atoms with van der Waals surface area (Å²) in [7, 11) is 0. The molecule has 0 aromatic heterocycles. The minimum absolute atomic E-state index is 0.0692. The van der Waals surface area contributed by atoms with Crippen LogP contribution >= 0.6 is 11.8 Å². The zero-order valence-corrected chi connectivity index (χ0v) is 17.9. The maximum absolute atomic E-state index is 12.8. The fraction of sp³-hybridized carbons (Fsp3) is 0.348. The van der Waals surface area contributed by atoms with Crippen molar-refractivity contribution in [3.8, 4) is 11.1 Å². The predicted molar refractivity (Wildman–Crippen MR) is 118 cm³/mol. The third-order valence-corrected chi connectivity index (χ3v) is 6.80. The van der Waals surface area contributed by atoms with E-state index in [-0.39, 0.29) is 12.5 Å². The first-order valence-electron chi connectivity index (χ1n) is 10.2. The van der Waals surface area contributed by atoms with E-state index in [4.69, 9.17) is 4.74 Å². The number of carbonyl (C=O) groups excluding carboxylic acids is 2. The molecule has 2 aromatic rings. The molecular weight excluding hydrogens is 416 g/mol. The van der Waals surface area contributed by atoms with Crippen LogP contribution in [0.3, 0.4) is 0 Å². The van der Waals surface area contributed by atoms with E-state index in [1.165, 1.54) is 16.7 Å². The van der Waals surface area contributed by atoms with Gasteiger partial charge >= 0.3 is 12.1 Å². The molecule has 2 amide bonds. The quantitative estimate of drug-likeness (QED) is 0.716. The molecule has 1 aliphatic heterocycles. The number of amides is 2. The smallest absolute Gasteiger partial charge is 0.407 e. The van der Waals surface area contributed by atoms with Crippen molar-refractivity contribution < 1.29 is 24.2 Å². The summed E-state index contributed by atoms with van der Waals surface area (Å²) in [5, 5.41) is 11.9. The van der Waals surface area contributed by atoms with Crippen molar-refractivity contribution in [1.82, 2.24) is 10.2 Å². The molecule has 1 aliphatic carbocycles. The normalized spacial score (nSPS) is 18.2. The molecule has 2 aliphatic rings. The van der Waals surface area contributed by atoms with Gasteiger partial charge in [0, 0.05) is 11.7 Å². The number of hydrogen-bond donors (Lipinski definition) is 2. The Morgan fingerprint density at radius 2 is 1.74 bits per heavy atom. The van der Waals surface area contributed by atoms with Crippen LogP contribution in [0.15, 0.2) is 48.5 Å². The second-order valence-corrected chi connectivity index (χ2v) is 8.59. The van der Waals surface area contributed by atoms with Gasteiger partial charge in [0.2, 0.25) is 5.91 Å². The van der Waals surface area contributed by atoms with Crippen LogP contribution in [0.2, 0.25) is 0 Å². The molecular formula is C23H24N2O5S. The first-order chi connectivity index (χ1) is 15.0. The molecule has 1 unspecified atom stereocenters. The minimum atomic E-state index is -1.03. The van der Waals surface area contributed by atoms with Crippen molar-refractivity contribution in [3.63, 3.8) is 0 Å². The number of carboxylic acid groups (broad SMARTS) is 1. The topological polar surface area (TPSA) is 95.9 Å². The number of nitrogens with one attached hydrogen (secondary N) is 1. The van der Waals surface area contributed by atoms with Crippen molar-refractivity contribution >= 4 is 29.7 Å². The van der Waals surface area contributed by atoms with Crippen molar-refractivity contribution in [1.29, 1.82) is 0 Å². The number of alkyl carbamates (subject to hydrolysis) is 1. The number of carboxylic acids is 1. The summed E-state index contributed by atoms with van der Waals surface area (Å²) in [6, 6.07) is 14.4. The van der Waals surface area contributed by atoms with Gasteiger partial charge in [-0.25, -0.2) is 9.59 Å². The fourth-order valence-corrected chi connectivity index (χ4v) is 5.34. The highest BCUT2D eigenvalue weighted by atomic mass is 32.2. The van der Waals surface area contributed by atoms with Crippen LogP contribution in [-0.4, -0.2) is 58.3 Å². The van der Waals surface area contributed by atoms with E-state index in [2.05, 4.69) is 17.4 Å². The van der Waals surface area contributed by atoms with Gasteiger partial charge in [-0.3, -0.25) is 4.79 Å². The average Bonchev–Trinajstić information content (AvgIpc) is 3.39. The maximum Gasteiger partial charge on any atom is 0.407 e. The lowest BCUT2D eigenvalue weighted by atomic mass is 9.98. The van der Waals surface area contributed by atoms with E-state index in [0.717, 1.165) is 22.3 Å². The molecule has 0 spiro atoms. The van der Waals surface area contributed by atoms with Gasteiger partial charge < -0.3 is 20.1 Å². The van der Waals surface area contributed by atoms with Crippen LogP contribution in [0.4, 0.5) is 4.79 Å². The third kappa shape index (κ3) is 4.12. The predicted octanol–water partition coefficient (Wildman–Crippen LogP) is 3.29. The molecule has 0 saturated carbocycles.